The van der Waals surface area contributed by atoms with E-state index >= 15 is 0 Å². The summed E-state index contributed by atoms with van der Waals surface area (Å²) in [5.74, 6) is 0.925. The second-order valence-corrected chi connectivity index (χ2v) is 6.74. The van der Waals surface area contributed by atoms with Crippen LogP contribution in [0.15, 0.2) is 18.2 Å². The van der Waals surface area contributed by atoms with Gasteiger partial charge in [0.05, 0.1) is 0 Å². The highest BCUT2D eigenvalue weighted by atomic mass is 35.5. The van der Waals surface area contributed by atoms with Crippen molar-refractivity contribution in [2.75, 3.05) is 6.54 Å². The van der Waals surface area contributed by atoms with E-state index in [9.17, 15) is 0 Å². The minimum atomic E-state index is 0.582. The Labute approximate surface area is 129 Å². The SMILES string of the molecule is CCCNC(Cc1ccc(C)cc1Cl)CC1CCCC1. The van der Waals surface area contributed by atoms with E-state index < -0.39 is 0 Å². The third-order valence-corrected chi connectivity index (χ3v) is 4.80. The monoisotopic (exact) mass is 293 g/mol. The van der Waals surface area contributed by atoms with E-state index in [0.29, 0.717) is 6.04 Å². The molecule has 1 aliphatic carbocycles. The van der Waals surface area contributed by atoms with E-state index in [-0.39, 0.29) is 0 Å². The summed E-state index contributed by atoms with van der Waals surface area (Å²) in [7, 11) is 0. The van der Waals surface area contributed by atoms with Crippen LogP contribution < -0.4 is 5.32 Å². The highest BCUT2D eigenvalue weighted by molar-refractivity contribution is 6.31. The fourth-order valence-corrected chi connectivity index (χ4v) is 3.63. The Morgan fingerprint density at radius 1 is 1.30 bits per heavy atom. The van der Waals surface area contributed by atoms with Crippen molar-refractivity contribution in [1.82, 2.24) is 5.32 Å². The Morgan fingerprint density at radius 2 is 2.05 bits per heavy atom. The van der Waals surface area contributed by atoms with Gasteiger partial charge in [-0.25, -0.2) is 0 Å². The molecule has 0 amide bonds. The van der Waals surface area contributed by atoms with E-state index in [2.05, 4.69) is 37.4 Å². The third kappa shape index (κ3) is 4.79. The first-order valence-corrected chi connectivity index (χ1v) is 8.55. The van der Waals surface area contributed by atoms with Gasteiger partial charge in [-0.1, -0.05) is 56.3 Å². The maximum Gasteiger partial charge on any atom is 0.0441 e. The van der Waals surface area contributed by atoms with Gasteiger partial charge in [0.15, 0.2) is 0 Å². The molecule has 2 rings (SSSR count). The number of aryl methyl sites for hydroxylation is 1. The lowest BCUT2D eigenvalue weighted by Gasteiger charge is -2.22. The average molecular weight is 294 g/mol. The van der Waals surface area contributed by atoms with Crippen molar-refractivity contribution in [3.05, 3.63) is 34.3 Å². The molecule has 1 nitrogen and oxygen atoms in total. The molecule has 0 aromatic heterocycles. The van der Waals surface area contributed by atoms with Crippen LogP contribution in [-0.4, -0.2) is 12.6 Å². The fraction of sp³-hybridized carbons (Fsp3) is 0.667. The summed E-state index contributed by atoms with van der Waals surface area (Å²) in [6.07, 6.45) is 9.27. The van der Waals surface area contributed by atoms with Crippen LogP contribution in [0.4, 0.5) is 0 Å². The number of hydrogen-bond acceptors (Lipinski definition) is 1. The Kier molecular flexibility index (Phi) is 6.38. The van der Waals surface area contributed by atoms with Gasteiger partial charge in [0.1, 0.15) is 0 Å². The Hall–Kier alpha value is -0.530. The molecule has 0 aliphatic heterocycles. The lowest BCUT2D eigenvalue weighted by atomic mass is 9.93. The highest BCUT2D eigenvalue weighted by Crippen LogP contribution is 2.30. The van der Waals surface area contributed by atoms with Crippen LogP contribution in [0, 0.1) is 12.8 Å². The molecule has 1 atom stereocenters. The second kappa shape index (κ2) is 8.05. The number of hydrogen-bond donors (Lipinski definition) is 1. The van der Waals surface area contributed by atoms with Crippen molar-refractivity contribution >= 4 is 11.6 Å². The zero-order chi connectivity index (χ0) is 14.4. The minimum Gasteiger partial charge on any atom is -0.314 e. The van der Waals surface area contributed by atoms with E-state index in [0.717, 1.165) is 23.9 Å². The summed E-state index contributed by atoms with van der Waals surface area (Å²) >= 11 is 6.40. The highest BCUT2D eigenvalue weighted by Gasteiger charge is 2.20. The predicted molar refractivity (Wildman–Crippen MR) is 88.5 cm³/mol. The summed E-state index contributed by atoms with van der Waals surface area (Å²) in [6, 6.07) is 7.04. The van der Waals surface area contributed by atoms with Crippen molar-refractivity contribution in [3.63, 3.8) is 0 Å². The van der Waals surface area contributed by atoms with Crippen LogP contribution in [0.1, 0.15) is 56.6 Å². The number of nitrogens with one attached hydrogen (secondary N) is 1. The topological polar surface area (TPSA) is 12.0 Å². The molecule has 1 unspecified atom stereocenters. The van der Waals surface area contributed by atoms with E-state index in [1.165, 1.54) is 49.7 Å². The molecular weight excluding hydrogens is 266 g/mol. The zero-order valence-corrected chi connectivity index (χ0v) is 13.7. The van der Waals surface area contributed by atoms with Crippen LogP contribution in [0.25, 0.3) is 0 Å². The number of benzene rings is 1. The first-order valence-electron chi connectivity index (χ1n) is 8.17. The molecule has 1 saturated carbocycles. The van der Waals surface area contributed by atoms with E-state index in [1.807, 2.05) is 0 Å². The quantitative estimate of drug-likeness (QED) is 0.734. The summed E-state index contributed by atoms with van der Waals surface area (Å²) < 4.78 is 0. The molecule has 0 radical (unpaired) electrons. The van der Waals surface area contributed by atoms with Gasteiger partial charge in [-0.2, -0.15) is 0 Å². The standard InChI is InChI=1S/C18H28ClN/c1-3-10-20-17(12-15-6-4-5-7-15)13-16-9-8-14(2)11-18(16)19/h8-9,11,15,17,20H,3-7,10,12-13H2,1-2H3. The van der Waals surface area contributed by atoms with Crippen LogP contribution in [-0.2, 0) is 6.42 Å². The lowest BCUT2D eigenvalue weighted by Crippen LogP contribution is -2.33. The molecule has 2 heteroatoms. The first-order chi connectivity index (χ1) is 9.69. The average Bonchev–Trinajstić information content (AvgIpc) is 2.92. The molecule has 1 aliphatic rings. The van der Waals surface area contributed by atoms with Crippen LogP contribution in [0.3, 0.4) is 0 Å². The van der Waals surface area contributed by atoms with Gasteiger partial charge in [-0.15, -0.1) is 0 Å². The van der Waals surface area contributed by atoms with Crippen LogP contribution >= 0.6 is 11.6 Å². The maximum absolute atomic E-state index is 6.40. The van der Waals surface area contributed by atoms with Crippen molar-refractivity contribution in [2.24, 2.45) is 5.92 Å². The van der Waals surface area contributed by atoms with Crippen molar-refractivity contribution in [1.29, 1.82) is 0 Å². The van der Waals surface area contributed by atoms with Gasteiger partial charge in [0.2, 0.25) is 0 Å². The van der Waals surface area contributed by atoms with E-state index in [1.54, 1.807) is 0 Å². The van der Waals surface area contributed by atoms with Crippen LogP contribution in [0.5, 0.6) is 0 Å². The molecular formula is C18H28ClN. The zero-order valence-electron chi connectivity index (χ0n) is 12.9. The van der Waals surface area contributed by atoms with Gasteiger partial charge < -0.3 is 5.32 Å². The molecule has 1 aromatic carbocycles. The molecule has 1 N–H and O–H groups in total. The molecule has 0 bridgehead atoms. The van der Waals surface area contributed by atoms with Crippen molar-refractivity contribution in [3.8, 4) is 0 Å². The van der Waals surface area contributed by atoms with Crippen molar-refractivity contribution < 1.29 is 0 Å². The van der Waals surface area contributed by atoms with Gasteiger partial charge in [0, 0.05) is 11.1 Å². The number of halogens is 1. The molecule has 0 spiro atoms. The van der Waals surface area contributed by atoms with Crippen molar-refractivity contribution in [2.45, 2.75) is 64.8 Å². The van der Waals surface area contributed by atoms with Gasteiger partial charge in [-0.05, 0) is 55.8 Å². The van der Waals surface area contributed by atoms with Gasteiger partial charge in [0.25, 0.3) is 0 Å². The number of rotatable bonds is 7. The molecule has 0 heterocycles. The molecule has 0 saturated heterocycles. The summed E-state index contributed by atoms with van der Waals surface area (Å²) in [5, 5.41) is 4.66. The van der Waals surface area contributed by atoms with Gasteiger partial charge in [-0.3, -0.25) is 0 Å². The normalized spacial score (nSPS) is 17.6. The molecule has 1 fully saturated rings. The molecule has 112 valence electrons. The smallest absolute Gasteiger partial charge is 0.0441 e. The fourth-order valence-electron chi connectivity index (χ4n) is 3.32. The third-order valence-electron chi connectivity index (χ3n) is 4.45. The van der Waals surface area contributed by atoms with Crippen LogP contribution in [0.2, 0.25) is 5.02 Å². The first kappa shape index (κ1) is 15.9. The minimum absolute atomic E-state index is 0.582. The Morgan fingerprint density at radius 3 is 2.70 bits per heavy atom. The second-order valence-electron chi connectivity index (χ2n) is 6.34. The van der Waals surface area contributed by atoms with E-state index in [4.69, 9.17) is 11.6 Å². The lowest BCUT2D eigenvalue weighted by molar-refractivity contribution is 0.385. The van der Waals surface area contributed by atoms with Gasteiger partial charge >= 0.3 is 0 Å². The molecule has 1 aromatic rings. The predicted octanol–water partition coefficient (Wildman–Crippen LogP) is 5.14. The summed E-state index contributed by atoms with van der Waals surface area (Å²) in [6.45, 7) is 5.44. The Balaban J connectivity index is 1.97. The molecule has 20 heavy (non-hydrogen) atoms. The summed E-state index contributed by atoms with van der Waals surface area (Å²) in [4.78, 5) is 0. The Bertz CT molecular complexity index is 410. The maximum atomic E-state index is 6.40. The summed E-state index contributed by atoms with van der Waals surface area (Å²) in [5.41, 5.74) is 2.54. The largest absolute Gasteiger partial charge is 0.314 e.